The summed E-state index contributed by atoms with van der Waals surface area (Å²) in [6.45, 7) is 3.90. The Morgan fingerprint density at radius 2 is 1.96 bits per heavy atom. The SMILES string of the molecule is CCOC(=O)CC1(NC(=O)[C@@H](C)Cc2ccccc2F)CCCC1. The maximum Gasteiger partial charge on any atom is 0.308 e. The topological polar surface area (TPSA) is 55.4 Å². The van der Waals surface area contributed by atoms with Crippen LogP contribution in [0, 0.1) is 11.7 Å². The van der Waals surface area contributed by atoms with Crippen molar-refractivity contribution in [2.75, 3.05) is 6.61 Å². The van der Waals surface area contributed by atoms with Gasteiger partial charge in [0.05, 0.1) is 18.6 Å². The molecule has 0 unspecified atom stereocenters. The summed E-state index contributed by atoms with van der Waals surface area (Å²) in [4.78, 5) is 24.4. The summed E-state index contributed by atoms with van der Waals surface area (Å²) in [6, 6.07) is 6.50. The molecule has 0 saturated heterocycles. The zero-order valence-electron chi connectivity index (χ0n) is 14.4. The predicted molar refractivity (Wildman–Crippen MR) is 89.9 cm³/mol. The third-order valence-electron chi connectivity index (χ3n) is 4.67. The lowest BCUT2D eigenvalue weighted by Gasteiger charge is -2.31. The van der Waals surface area contributed by atoms with Crippen LogP contribution in [0.15, 0.2) is 24.3 Å². The van der Waals surface area contributed by atoms with Gasteiger partial charge < -0.3 is 10.1 Å². The highest BCUT2D eigenvalue weighted by Crippen LogP contribution is 2.33. The van der Waals surface area contributed by atoms with Crippen molar-refractivity contribution in [1.29, 1.82) is 0 Å². The van der Waals surface area contributed by atoms with Crippen molar-refractivity contribution in [3.8, 4) is 0 Å². The van der Waals surface area contributed by atoms with Gasteiger partial charge >= 0.3 is 5.97 Å². The molecule has 132 valence electrons. The van der Waals surface area contributed by atoms with E-state index in [9.17, 15) is 14.0 Å². The van der Waals surface area contributed by atoms with E-state index < -0.39 is 5.54 Å². The molecule has 0 aliphatic heterocycles. The lowest BCUT2D eigenvalue weighted by molar-refractivity contribution is -0.145. The molecular weight excluding hydrogens is 309 g/mol. The number of carbonyl (C=O) groups is 2. The summed E-state index contributed by atoms with van der Waals surface area (Å²) >= 11 is 0. The summed E-state index contributed by atoms with van der Waals surface area (Å²) in [7, 11) is 0. The molecule has 1 atom stereocenters. The number of esters is 1. The molecule has 1 aromatic carbocycles. The number of hydrogen-bond acceptors (Lipinski definition) is 3. The Bertz CT molecular complexity index is 582. The molecule has 5 heteroatoms. The summed E-state index contributed by atoms with van der Waals surface area (Å²) in [5.41, 5.74) is 0.0262. The summed E-state index contributed by atoms with van der Waals surface area (Å²) in [5, 5.41) is 3.06. The molecule has 24 heavy (non-hydrogen) atoms. The van der Waals surface area contributed by atoms with Crippen molar-refractivity contribution < 1.29 is 18.7 Å². The first-order valence-electron chi connectivity index (χ1n) is 8.67. The lowest BCUT2D eigenvalue weighted by Crippen LogP contribution is -2.50. The third-order valence-corrected chi connectivity index (χ3v) is 4.67. The molecule has 0 heterocycles. The summed E-state index contributed by atoms with van der Waals surface area (Å²) < 4.78 is 18.8. The Labute approximate surface area is 142 Å². The average molecular weight is 335 g/mol. The summed E-state index contributed by atoms with van der Waals surface area (Å²) in [6.07, 6.45) is 4.09. The first-order chi connectivity index (χ1) is 11.5. The van der Waals surface area contributed by atoms with E-state index in [4.69, 9.17) is 4.74 Å². The monoisotopic (exact) mass is 335 g/mol. The fraction of sp³-hybridized carbons (Fsp3) is 0.579. The number of ether oxygens (including phenoxy) is 1. The van der Waals surface area contributed by atoms with Crippen molar-refractivity contribution in [3.05, 3.63) is 35.6 Å². The molecule has 4 nitrogen and oxygen atoms in total. The largest absolute Gasteiger partial charge is 0.466 e. The average Bonchev–Trinajstić information content (AvgIpc) is 2.97. The number of nitrogens with one attached hydrogen (secondary N) is 1. The highest BCUT2D eigenvalue weighted by Gasteiger charge is 2.38. The van der Waals surface area contributed by atoms with Crippen LogP contribution in [0.2, 0.25) is 0 Å². The smallest absolute Gasteiger partial charge is 0.308 e. The molecule has 1 aliphatic rings. The Kier molecular flexibility index (Phi) is 6.35. The number of amides is 1. The van der Waals surface area contributed by atoms with Gasteiger partial charge in [0.1, 0.15) is 5.82 Å². The van der Waals surface area contributed by atoms with Gasteiger partial charge in [-0.3, -0.25) is 9.59 Å². The van der Waals surface area contributed by atoms with E-state index in [0.717, 1.165) is 25.7 Å². The van der Waals surface area contributed by atoms with E-state index in [1.54, 1.807) is 32.0 Å². The van der Waals surface area contributed by atoms with Gasteiger partial charge in [-0.1, -0.05) is 38.0 Å². The van der Waals surface area contributed by atoms with Crippen LogP contribution < -0.4 is 5.32 Å². The second kappa shape index (κ2) is 8.27. The zero-order valence-corrected chi connectivity index (χ0v) is 14.4. The Balaban J connectivity index is 1.99. The van der Waals surface area contributed by atoms with Gasteiger partial charge in [0, 0.05) is 5.92 Å². The minimum atomic E-state index is -0.507. The van der Waals surface area contributed by atoms with E-state index in [0.29, 0.717) is 18.6 Å². The highest BCUT2D eigenvalue weighted by atomic mass is 19.1. The molecule has 1 fully saturated rings. The number of benzene rings is 1. The van der Waals surface area contributed by atoms with Crippen LogP contribution in [0.25, 0.3) is 0 Å². The molecule has 0 radical (unpaired) electrons. The van der Waals surface area contributed by atoms with Crippen LogP contribution in [-0.4, -0.2) is 24.0 Å². The predicted octanol–water partition coefficient (Wildman–Crippen LogP) is 3.39. The maximum atomic E-state index is 13.8. The van der Waals surface area contributed by atoms with Crippen molar-refractivity contribution in [1.82, 2.24) is 5.32 Å². The van der Waals surface area contributed by atoms with Crippen LogP contribution >= 0.6 is 0 Å². The molecule has 1 aromatic rings. The molecular formula is C19H26FNO3. The van der Waals surface area contributed by atoms with Crippen LogP contribution in [0.3, 0.4) is 0 Å². The van der Waals surface area contributed by atoms with Gasteiger partial charge in [0.2, 0.25) is 5.91 Å². The number of carbonyl (C=O) groups excluding carboxylic acids is 2. The minimum absolute atomic E-state index is 0.135. The van der Waals surface area contributed by atoms with Crippen LogP contribution in [-0.2, 0) is 20.7 Å². The number of rotatable bonds is 7. The molecule has 0 spiro atoms. The first kappa shape index (κ1) is 18.4. The van der Waals surface area contributed by atoms with Gasteiger partial charge in [-0.25, -0.2) is 4.39 Å². The molecule has 1 saturated carbocycles. The van der Waals surface area contributed by atoms with Crippen LogP contribution in [0.5, 0.6) is 0 Å². The van der Waals surface area contributed by atoms with Crippen molar-refractivity contribution in [2.45, 2.75) is 57.9 Å². The molecule has 0 aromatic heterocycles. The van der Waals surface area contributed by atoms with Gasteiger partial charge in [0.15, 0.2) is 0 Å². The molecule has 1 N–H and O–H groups in total. The number of hydrogen-bond donors (Lipinski definition) is 1. The van der Waals surface area contributed by atoms with Crippen molar-refractivity contribution >= 4 is 11.9 Å². The Hall–Kier alpha value is -1.91. The summed E-state index contributed by atoms with van der Waals surface area (Å²) in [5.74, 6) is -1.06. The van der Waals surface area contributed by atoms with E-state index in [2.05, 4.69) is 5.32 Å². The van der Waals surface area contributed by atoms with Crippen molar-refractivity contribution in [2.24, 2.45) is 5.92 Å². The molecule has 1 aliphatic carbocycles. The Morgan fingerprint density at radius 1 is 1.29 bits per heavy atom. The van der Waals surface area contributed by atoms with E-state index in [-0.39, 0.29) is 30.0 Å². The first-order valence-corrected chi connectivity index (χ1v) is 8.67. The normalized spacial score (nSPS) is 17.3. The fourth-order valence-electron chi connectivity index (χ4n) is 3.36. The lowest BCUT2D eigenvalue weighted by atomic mass is 9.91. The second-order valence-corrected chi connectivity index (χ2v) is 6.66. The third kappa shape index (κ3) is 4.79. The van der Waals surface area contributed by atoms with Gasteiger partial charge in [-0.2, -0.15) is 0 Å². The van der Waals surface area contributed by atoms with Crippen LogP contribution in [0.1, 0.15) is 51.5 Å². The van der Waals surface area contributed by atoms with Gasteiger partial charge in [-0.15, -0.1) is 0 Å². The van der Waals surface area contributed by atoms with Gasteiger partial charge in [0.25, 0.3) is 0 Å². The van der Waals surface area contributed by atoms with E-state index >= 15 is 0 Å². The molecule has 0 bridgehead atoms. The fourth-order valence-corrected chi connectivity index (χ4v) is 3.36. The standard InChI is InChI=1S/C19H26FNO3/c1-3-24-17(22)13-19(10-6-7-11-19)21-18(23)14(2)12-15-8-4-5-9-16(15)20/h4-5,8-9,14H,3,6-7,10-13H2,1-2H3,(H,21,23)/t14-/m0/s1. The highest BCUT2D eigenvalue weighted by molar-refractivity contribution is 5.81. The second-order valence-electron chi connectivity index (χ2n) is 6.66. The number of halogens is 1. The van der Waals surface area contributed by atoms with E-state index in [1.165, 1.54) is 6.07 Å². The minimum Gasteiger partial charge on any atom is -0.466 e. The van der Waals surface area contributed by atoms with Gasteiger partial charge in [-0.05, 0) is 37.8 Å². The molecule has 1 amide bonds. The zero-order chi connectivity index (χ0) is 17.6. The maximum absolute atomic E-state index is 13.8. The van der Waals surface area contributed by atoms with Crippen molar-refractivity contribution in [3.63, 3.8) is 0 Å². The quantitative estimate of drug-likeness (QED) is 0.777. The Morgan fingerprint density at radius 3 is 2.58 bits per heavy atom. The van der Waals surface area contributed by atoms with Crippen LogP contribution in [0.4, 0.5) is 4.39 Å². The molecule has 2 rings (SSSR count). The van der Waals surface area contributed by atoms with E-state index in [1.807, 2.05) is 0 Å².